The van der Waals surface area contributed by atoms with E-state index in [2.05, 4.69) is 6.08 Å². The second-order valence-corrected chi connectivity index (χ2v) is 5.42. The number of rotatable bonds is 3. The van der Waals surface area contributed by atoms with E-state index in [9.17, 15) is 5.11 Å². The van der Waals surface area contributed by atoms with Gasteiger partial charge in [0, 0.05) is 0 Å². The lowest BCUT2D eigenvalue weighted by Gasteiger charge is -2.34. The van der Waals surface area contributed by atoms with Crippen LogP contribution in [0.2, 0.25) is 0 Å². The molecule has 0 aliphatic heterocycles. The van der Waals surface area contributed by atoms with Gasteiger partial charge in [-0.15, -0.1) is 0 Å². The summed E-state index contributed by atoms with van der Waals surface area (Å²) in [7, 11) is 0. The van der Waals surface area contributed by atoms with Crippen molar-refractivity contribution in [2.75, 3.05) is 0 Å². The van der Waals surface area contributed by atoms with Crippen LogP contribution in [-0.4, -0.2) is 5.11 Å². The van der Waals surface area contributed by atoms with Crippen molar-refractivity contribution in [1.29, 1.82) is 0 Å². The molecule has 2 aromatic rings. The van der Waals surface area contributed by atoms with Crippen molar-refractivity contribution < 1.29 is 5.11 Å². The predicted molar refractivity (Wildman–Crippen MR) is 82.4 cm³/mol. The van der Waals surface area contributed by atoms with Crippen molar-refractivity contribution in [3.8, 4) is 0 Å². The van der Waals surface area contributed by atoms with E-state index in [4.69, 9.17) is 0 Å². The molecular weight excluding hydrogens is 244 g/mol. The zero-order valence-electron chi connectivity index (χ0n) is 11.6. The van der Waals surface area contributed by atoms with Crippen molar-refractivity contribution in [2.45, 2.75) is 31.3 Å². The fourth-order valence-corrected chi connectivity index (χ4v) is 3.06. The van der Waals surface area contributed by atoms with Crippen LogP contribution in [0.25, 0.3) is 0 Å². The summed E-state index contributed by atoms with van der Waals surface area (Å²) in [5.41, 5.74) is 2.07. The molecule has 1 aliphatic rings. The third kappa shape index (κ3) is 2.30. The molecule has 0 spiro atoms. The largest absolute Gasteiger partial charge is 0.376 e. The van der Waals surface area contributed by atoms with Crippen LogP contribution < -0.4 is 0 Å². The molecular formula is C19H20O. The van der Waals surface area contributed by atoms with E-state index < -0.39 is 5.60 Å². The Labute approximate surface area is 120 Å². The zero-order valence-corrected chi connectivity index (χ0v) is 11.6. The minimum absolute atomic E-state index is 0.958. The van der Waals surface area contributed by atoms with Gasteiger partial charge in [-0.2, -0.15) is 0 Å². The van der Waals surface area contributed by atoms with Crippen LogP contribution >= 0.6 is 0 Å². The Morgan fingerprint density at radius 1 is 0.750 bits per heavy atom. The minimum Gasteiger partial charge on any atom is -0.376 e. The highest BCUT2D eigenvalue weighted by Crippen LogP contribution is 2.40. The lowest BCUT2D eigenvalue weighted by Crippen LogP contribution is -2.30. The van der Waals surface area contributed by atoms with Crippen molar-refractivity contribution in [3.63, 3.8) is 0 Å². The molecule has 0 fully saturated rings. The minimum atomic E-state index is -0.983. The molecule has 20 heavy (non-hydrogen) atoms. The molecule has 1 heteroatoms. The fraction of sp³-hybridized carbons (Fsp3) is 0.263. The second kappa shape index (κ2) is 5.64. The fourth-order valence-electron chi connectivity index (χ4n) is 3.06. The maximum atomic E-state index is 11.5. The van der Waals surface area contributed by atoms with E-state index in [1.807, 2.05) is 60.7 Å². The Hall–Kier alpha value is -1.86. The van der Waals surface area contributed by atoms with Gasteiger partial charge in [-0.25, -0.2) is 0 Å². The summed E-state index contributed by atoms with van der Waals surface area (Å²) in [6.07, 6.45) is 6.65. The van der Waals surface area contributed by atoms with Crippen LogP contribution in [0.5, 0.6) is 0 Å². The SMILES string of the molecule is OC(C1=CCCCC1)(c1ccccc1)c1ccccc1. The van der Waals surface area contributed by atoms with Crippen LogP contribution in [0.4, 0.5) is 0 Å². The Bertz CT molecular complexity index is 544. The first-order chi connectivity index (χ1) is 9.82. The number of benzene rings is 2. The van der Waals surface area contributed by atoms with Gasteiger partial charge < -0.3 is 5.11 Å². The summed E-state index contributed by atoms with van der Waals surface area (Å²) in [6.45, 7) is 0. The van der Waals surface area contributed by atoms with Crippen LogP contribution in [0.15, 0.2) is 72.3 Å². The molecule has 0 unspecified atom stereocenters. The van der Waals surface area contributed by atoms with Crippen LogP contribution in [0.1, 0.15) is 36.8 Å². The highest BCUT2D eigenvalue weighted by molar-refractivity contribution is 5.45. The van der Waals surface area contributed by atoms with Gasteiger partial charge in [0.1, 0.15) is 5.60 Å². The maximum absolute atomic E-state index is 11.5. The smallest absolute Gasteiger partial charge is 0.136 e. The van der Waals surface area contributed by atoms with E-state index in [1.165, 1.54) is 6.42 Å². The molecule has 0 aromatic heterocycles. The van der Waals surface area contributed by atoms with Gasteiger partial charge in [-0.3, -0.25) is 0 Å². The van der Waals surface area contributed by atoms with Gasteiger partial charge >= 0.3 is 0 Å². The van der Waals surface area contributed by atoms with E-state index in [1.54, 1.807) is 0 Å². The first-order valence-electron chi connectivity index (χ1n) is 7.35. The number of hydrogen-bond donors (Lipinski definition) is 1. The van der Waals surface area contributed by atoms with Gasteiger partial charge in [-0.05, 0) is 42.4 Å². The number of aliphatic hydroxyl groups is 1. The summed E-state index contributed by atoms with van der Waals surface area (Å²) >= 11 is 0. The molecule has 0 saturated heterocycles. The number of allylic oxidation sites excluding steroid dienone is 1. The lowest BCUT2D eigenvalue weighted by atomic mass is 9.76. The molecule has 0 heterocycles. The summed E-state index contributed by atoms with van der Waals surface area (Å²) in [4.78, 5) is 0. The third-order valence-corrected chi connectivity index (χ3v) is 4.14. The molecule has 0 radical (unpaired) electrons. The van der Waals surface area contributed by atoms with Crippen molar-refractivity contribution in [1.82, 2.24) is 0 Å². The van der Waals surface area contributed by atoms with Crippen molar-refractivity contribution in [2.24, 2.45) is 0 Å². The normalized spacial score (nSPS) is 15.8. The van der Waals surface area contributed by atoms with E-state index in [0.717, 1.165) is 36.0 Å². The van der Waals surface area contributed by atoms with Crippen LogP contribution in [0, 0.1) is 0 Å². The Morgan fingerprint density at radius 2 is 1.30 bits per heavy atom. The van der Waals surface area contributed by atoms with Gasteiger partial charge in [0.2, 0.25) is 0 Å². The van der Waals surface area contributed by atoms with Crippen LogP contribution in [0.3, 0.4) is 0 Å². The molecule has 0 amide bonds. The summed E-state index contributed by atoms with van der Waals surface area (Å²) in [5.74, 6) is 0. The molecule has 3 rings (SSSR count). The Balaban J connectivity index is 2.15. The van der Waals surface area contributed by atoms with Gasteiger partial charge in [0.25, 0.3) is 0 Å². The quantitative estimate of drug-likeness (QED) is 0.813. The van der Waals surface area contributed by atoms with Gasteiger partial charge in [0.05, 0.1) is 0 Å². The Kier molecular flexibility index (Phi) is 3.70. The lowest BCUT2D eigenvalue weighted by molar-refractivity contribution is 0.114. The predicted octanol–water partition coefficient (Wildman–Crippen LogP) is 4.42. The maximum Gasteiger partial charge on any atom is 0.136 e. The van der Waals surface area contributed by atoms with Crippen molar-refractivity contribution >= 4 is 0 Å². The molecule has 1 N–H and O–H groups in total. The third-order valence-electron chi connectivity index (χ3n) is 4.14. The first kappa shape index (κ1) is 13.1. The molecule has 2 aromatic carbocycles. The monoisotopic (exact) mass is 264 g/mol. The molecule has 1 nitrogen and oxygen atoms in total. The van der Waals surface area contributed by atoms with E-state index >= 15 is 0 Å². The highest BCUT2D eigenvalue weighted by atomic mass is 16.3. The molecule has 0 atom stereocenters. The Morgan fingerprint density at radius 3 is 1.75 bits per heavy atom. The first-order valence-corrected chi connectivity index (χ1v) is 7.35. The highest BCUT2D eigenvalue weighted by Gasteiger charge is 2.35. The molecule has 1 aliphatic carbocycles. The standard InChI is InChI=1S/C19H20O/c20-19(16-10-4-1-5-11-16,17-12-6-2-7-13-17)18-14-8-3-9-15-18/h1-2,4-7,10-14,20H,3,8-9,15H2. The average Bonchev–Trinajstić information content (AvgIpc) is 2.56. The van der Waals surface area contributed by atoms with Gasteiger partial charge in [-0.1, -0.05) is 66.7 Å². The van der Waals surface area contributed by atoms with Gasteiger partial charge in [0.15, 0.2) is 0 Å². The summed E-state index contributed by atoms with van der Waals surface area (Å²) < 4.78 is 0. The molecule has 102 valence electrons. The van der Waals surface area contributed by atoms with Crippen LogP contribution in [-0.2, 0) is 5.60 Å². The zero-order chi connectivity index (χ0) is 13.8. The van der Waals surface area contributed by atoms with Crippen molar-refractivity contribution in [3.05, 3.63) is 83.4 Å². The second-order valence-electron chi connectivity index (χ2n) is 5.42. The molecule has 0 bridgehead atoms. The van der Waals surface area contributed by atoms with E-state index in [-0.39, 0.29) is 0 Å². The molecule has 0 saturated carbocycles. The van der Waals surface area contributed by atoms with E-state index in [0.29, 0.717) is 0 Å². The topological polar surface area (TPSA) is 20.2 Å². The summed E-state index contributed by atoms with van der Waals surface area (Å²) in [6, 6.07) is 20.0. The summed E-state index contributed by atoms with van der Waals surface area (Å²) in [5, 5.41) is 11.5. The number of hydrogen-bond acceptors (Lipinski definition) is 1. The average molecular weight is 264 g/mol.